The third-order valence-corrected chi connectivity index (χ3v) is 5.73. The largest absolute Gasteiger partial charge is 0.493 e. The number of rotatable bonds is 8. The van der Waals surface area contributed by atoms with E-state index in [0.29, 0.717) is 24.7 Å². The number of methoxy groups -OCH3 is 3. The molecule has 2 atom stereocenters. The van der Waals surface area contributed by atoms with Crippen molar-refractivity contribution in [2.75, 3.05) is 34.5 Å². The van der Waals surface area contributed by atoms with Crippen LogP contribution >= 0.6 is 0 Å². The van der Waals surface area contributed by atoms with Gasteiger partial charge in [0.05, 0.1) is 33.9 Å². The minimum Gasteiger partial charge on any atom is -0.493 e. The van der Waals surface area contributed by atoms with E-state index in [2.05, 4.69) is 45.9 Å². The van der Waals surface area contributed by atoms with Crippen LogP contribution < -0.4 is 14.4 Å². The predicted molar refractivity (Wildman–Crippen MR) is 111 cm³/mol. The molecule has 1 unspecified atom stereocenters. The maximum absolute atomic E-state index is 5.57. The molecule has 0 bridgehead atoms. The lowest BCUT2D eigenvalue weighted by molar-refractivity contribution is -0.941. The fourth-order valence-electron chi connectivity index (χ4n) is 4.20. The molecule has 2 heterocycles. The molecule has 30 heavy (non-hydrogen) atoms. The van der Waals surface area contributed by atoms with Gasteiger partial charge in [-0.3, -0.25) is 0 Å². The molecule has 0 amide bonds. The van der Waals surface area contributed by atoms with Crippen LogP contribution in [0.5, 0.6) is 11.5 Å². The van der Waals surface area contributed by atoms with Gasteiger partial charge < -0.3 is 19.1 Å². The van der Waals surface area contributed by atoms with E-state index in [9.17, 15) is 0 Å². The van der Waals surface area contributed by atoms with E-state index < -0.39 is 0 Å². The van der Waals surface area contributed by atoms with Gasteiger partial charge in [0, 0.05) is 24.7 Å². The summed E-state index contributed by atoms with van der Waals surface area (Å²) in [5.41, 5.74) is 3.89. The van der Waals surface area contributed by atoms with Crippen LogP contribution in [0, 0.1) is 0 Å². The Kier molecular flexibility index (Phi) is 6.25. The minimum atomic E-state index is -0.0370. The average molecular weight is 410 g/mol. The molecule has 8 nitrogen and oxygen atoms in total. The number of nitrogens with zero attached hydrogens (tertiary/aromatic N) is 4. The topological polar surface area (TPSA) is 75.7 Å². The number of benzene rings is 2. The highest BCUT2D eigenvalue weighted by Crippen LogP contribution is 2.31. The first-order valence-electron chi connectivity index (χ1n) is 10.1. The van der Waals surface area contributed by atoms with E-state index in [1.807, 2.05) is 16.8 Å². The van der Waals surface area contributed by atoms with Gasteiger partial charge in [0.15, 0.2) is 17.5 Å². The summed E-state index contributed by atoms with van der Waals surface area (Å²) in [6.45, 7) is 3.06. The van der Waals surface area contributed by atoms with E-state index in [1.165, 1.54) is 16.0 Å². The molecule has 4 rings (SSSR count). The third kappa shape index (κ3) is 4.01. The van der Waals surface area contributed by atoms with Crippen LogP contribution in [-0.4, -0.2) is 54.7 Å². The van der Waals surface area contributed by atoms with Crippen LogP contribution in [0.15, 0.2) is 42.5 Å². The van der Waals surface area contributed by atoms with Crippen molar-refractivity contribution in [2.45, 2.75) is 25.6 Å². The average Bonchev–Trinajstić information content (AvgIpc) is 3.25. The quantitative estimate of drug-likeness (QED) is 0.599. The molecule has 2 aromatic carbocycles. The molecule has 0 spiro atoms. The Morgan fingerprint density at radius 2 is 1.83 bits per heavy atom. The third-order valence-electron chi connectivity index (χ3n) is 5.73. The maximum atomic E-state index is 5.57. The normalized spacial score (nSPS) is 16.7. The van der Waals surface area contributed by atoms with E-state index >= 15 is 0 Å². The summed E-state index contributed by atoms with van der Waals surface area (Å²) in [7, 11) is 4.99. The van der Waals surface area contributed by atoms with Gasteiger partial charge in [-0.25, -0.2) is 4.68 Å². The highest BCUT2D eigenvalue weighted by molar-refractivity contribution is 5.44. The molecule has 0 saturated heterocycles. The Bertz CT molecular complexity index is 990. The second-order valence-corrected chi connectivity index (χ2v) is 7.40. The lowest BCUT2D eigenvalue weighted by Crippen LogP contribution is -3.12. The molecule has 1 N–H and O–H groups in total. The van der Waals surface area contributed by atoms with Crippen molar-refractivity contribution in [1.29, 1.82) is 0 Å². The van der Waals surface area contributed by atoms with Crippen molar-refractivity contribution >= 4 is 0 Å². The molecule has 0 aliphatic carbocycles. The zero-order chi connectivity index (χ0) is 20.9. The second-order valence-electron chi connectivity index (χ2n) is 7.40. The van der Waals surface area contributed by atoms with Crippen molar-refractivity contribution in [2.24, 2.45) is 0 Å². The highest BCUT2D eigenvalue weighted by atomic mass is 16.5. The molecular weight excluding hydrogens is 382 g/mol. The van der Waals surface area contributed by atoms with Crippen LogP contribution in [0.2, 0.25) is 0 Å². The zero-order valence-electron chi connectivity index (χ0n) is 17.7. The van der Waals surface area contributed by atoms with Crippen molar-refractivity contribution < 1.29 is 19.1 Å². The molecule has 1 aliphatic heterocycles. The van der Waals surface area contributed by atoms with E-state index in [4.69, 9.17) is 14.2 Å². The van der Waals surface area contributed by atoms with Crippen LogP contribution in [0.25, 0.3) is 0 Å². The molecular formula is C22H28N5O3+. The van der Waals surface area contributed by atoms with E-state index in [0.717, 1.165) is 30.9 Å². The first-order valence-corrected chi connectivity index (χ1v) is 10.1. The van der Waals surface area contributed by atoms with Gasteiger partial charge in [0.2, 0.25) is 5.82 Å². The molecule has 1 aliphatic rings. The summed E-state index contributed by atoms with van der Waals surface area (Å²) in [6, 6.07) is 14.7. The molecule has 0 radical (unpaired) electrons. The standard InChI is InChI=1S/C22H27N5O3/c1-28-13-12-27-22(23-24-25-27)21(17-8-9-19(29-2)20(14-17)30-3)26-11-10-16-6-4-5-7-18(16)15-26/h4-9,14,21H,10-13,15H2,1-3H3/p+1/t21-/m0/s1. The molecule has 158 valence electrons. The zero-order valence-corrected chi connectivity index (χ0v) is 17.7. The monoisotopic (exact) mass is 410 g/mol. The number of hydrogen-bond acceptors (Lipinski definition) is 6. The highest BCUT2D eigenvalue weighted by Gasteiger charge is 2.34. The SMILES string of the molecule is COCCn1nnnc1[C@H](c1ccc(OC)c(OC)c1)[NH+]1CCc2ccccc2C1. The van der Waals surface area contributed by atoms with Gasteiger partial charge in [-0.15, -0.1) is 5.10 Å². The number of fused-ring (bicyclic) bond motifs is 1. The summed E-state index contributed by atoms with van der Waals surface area (Å²) in [6.07, 6.45) is 1.02. The first kappa shape index (κ1) is 20.3. The number of nitrogens with one attached hydrogen (secondary N) is 1. The van der Waals surface area contributed by atoms with Crippen molar-refractivity contribution in [3.63, 3.8) is 0 Å². The Hall–Kier alpha value is -2.97. The van der Waals surface area contributed by atoms with Gasteiger partial charge in [0.25, 0.3) is 0 Å². The van der Waals surface area contributed by atoms with Gasteiger partial charge in [-0.2, -0.15) is 0 Å². The fourth-order valence-corrected chi connectivity index (χ4v) is 4.20. The van der Waals surface area contributed by atoms with Crippen molar-refractivity contribution in [1.82, 2.24) is 20.2 Å². The van der Waals surface area contributed by atoms with E-state index in [1.54, 1.807) is 21.3 Å². The summed E-state index contributed by atoms with van der Waals surface area (Å²) in [5.74, 6) is 2.24. The van der Waals surface area contributed by atoms with Crippen molar-refractivity contribution in [3.8, 4) is 11.5 Å². The minimum absolute atomic E-state index is 0.0370. The maximum Gasteiger partial charge on any atom is 0.214 e. The Labute approximate surface area is 176 Å². The number of aromatic nitrogens is 4. The number of hydrogen-bond donors (Lipinski definition) is 1. The summed E-state index contributed by atoms with van der Waals surface area (Å²) >= 11 is 0. The summed E-state index contributed by atoms with van der Waals surface area (Å²) in [4.78, 5) is 1.40. The predicted octanol–water partition coefficient (Wildman–Crippen LogP) is 1.07. The summed E-state index contributed by atoms with van der Waals surface area (Å²) in [5, 5.41) is 12.6. The number of tetrazole rings is 1. The summed E-state index contributed by atoms with van der Waals surface area (Å²) < 4.78 is 18.1. The van der Waals surface area contributed by atoms with Crippen LogP contribution in [0.4, 0.5) is 0 Å². The Morgan fingerprint density at radius 3 is 2.60 bits per heavy atom. The van der Waals surface area contributed by atoms with Crippen LogP contribution in [0.3, 0.4) is 0 Å². The van der Waals surface area contributed by atoms with Crippen LogP contribution in [0.1, 0.15) is 28.6 Å². The smallest absolute Gasteiger partial charge is 0.214 e. The van der Waals surface area contributed by atoms with Gasteiger partial charge >= 0.3 is 0 Å². The lowest BCUT2D eigenvalue weighted by Gasteiger charge is -2.32. The number of quaternary nitrogens is 1. The molecule has 1 aromatic heterocycles. The molecule has 0 fully saturated rings. The van der Waals surface area contributed by atoms with Crippen molar-refractivity contribution in [3.05, 3.63) is 65.0 Å². The lowest BCUT2D eigenvalue weighted by atomic mass is 9.95. The fraction of sp³-hybridized carbons (Fsp3) is 0.409. The van der Waals surface area contributed by atoms with Gasteiger partial charge in [-0.1, -0.05) is 24.3 Å². The molecule has 8 heteroatoms. The van der Waals surface area contributed by atoms with Gasteiger partial charge in [-0.05, 0) is 34.2 Å². The Balaban J connectivity index is 1.76. The first-order chi connectivity index (χ1) is 14.7. The number of ether oxygens (including phenoxy) is 3. The second kappa shape index (κ2) is 9.23. The van der Waals surface area contributed by atoms with Crippen LogP contribution in [-0.2, 0) is 24.2 Å². The van der Waals surface area contributed by atoms with E-state index in [-0.39, 0.29) is 6.04 Å². The van der Waals surface area contributed by atoms with Gasteiger partial charge in [0.1, 0.15) is 6.54 Å². The molecule has 3 aromatic rings. The Morgan fingerprint density at radius 1 is 1.03 bits per heavy atom. The molecule has 0 saturated carbocycles.